The van der Waals surface area contributed by atoms with Crippen LogP contribution in [0.4, 0.5) is 0 Å². The third kappa shape index (κ3) is 3.18. The lowest BCUT2D eigenvalue weighted by molar-refractivity contribution is 0.184. The van der Waals surface area contributed by atoms with Crippen molar-refractivity contribution in [1.29, 1.82) is 0 Å². The van der Waals surface area contributed by atoms with Crippen LogP contribution in [0.5, 0.6) is 0 Å². The van der Waals surface area contributed by atoms with Crippen LogP contribution in [-0.2, 0) is 28.1 Å². The number of methoxy groups -OCH3 is 2. The molecule has 0 bridgehead atoms. The first-order valence-electron chi connectivity index (χ1n) is 10.9. The van der Waals surface area contributed by atoms with Gasteiger partial charge in [-0.25, -0.2) is 0 Å². The zero-order valence-corrected chi connectivity index (χ0v) is 18.1. The van der Waals surface area contributed by atoms with Gasteiger partial charge in [0.05, 0.1) is 18.6 Å². The standard InChI is InChI=1S/C29H28O2/c1-30-19-21-9-7-11-23(17-21)29(24-12-8-10-22(18-24)20-31-2)27-15-5-3-13-25(27)26-14-4-6-16-28(26)29/h3-18,25,27H,19-20H2,1-2H3. The molecule has 0 spiro atoms. The Morgan fingerprint density at radius 1 is 0.710 bits per heavy atom. The first kappa shape index (κ1) is 20.0. The van der Waals surface area contributed by atoms with Crippen LogP contribution in [0, 0.1) is 5.92 Å². The number of hydrogen-bond acceptors (Lipinski definition) is 2. The van der Waals surface area contributed by atoms with Gasteiger partial charge in [-0.3, -0.25) is 0 Å². The van der Waals surface area contributed by atoms with Crippen LogP contribution in [0.2, 0.25) is 0 Å². The monoisotopic (exact) mass is 408 g/mol. The van der Waals surface area contributed by atoms with Crippen molar-refractivity contribution >= 4 is 0 Å². The molecular formula is C29H28O2. The zero-order chi connectivity index (χ0) is 21.3. The molecule has 0 heterocycles. The molecule has 31 heavy (non-hydrogen) atoms. The number of hydrogen-bond donors (Lipinski definition) is 0. The third-order valence-electron chi connectivity index (χ3n) is 6.77. The van der Waals surface area contributed by atoms with Crippen LogP contribution in [0.25, 0.3) is 0 Å². The number of ether oxygens (including phenoxy) is 2. The van der Waals surface area contributed by atoms with Crippen LogP contribution in [0.15, 0.2) is 97.1 Å². The average Bonchev–Trinajstić information content (AvgIpc) is 3.11. The molecule has 2 heteroatoms. The molecule has 2 aliphatic rings. The summed E-state index contributed by atoms with van der Waals surface area (Å²) in [6.07, 6.45) is 9.16. The summed E-state index contributed by atoms with van der Waals surface area (Å²) in [7, 11) is 3.51. The molecule has 0 fully saturated rings. The first-order valence-corrected chi connectivity index (χ1v) is 10.9. The van der Waals surface area contributed by atoms with E-state index in [1.807, 2.05) is 0 Å². The first-order chi connectivity index (χ1) is 15.3. The lowest BCUT2D eigenvalue weighted by Crippen LogP contribution is -2.35. The molecule has 3 aromatic rings. The lowest BCUT2D eigenvalue weighted by Gasteiger charge is -2.39. The van der Waals surface area contributed by atoms with E-state index in [4.69, 9.17) is 9.47 Å². The van der Waals surface area contributed by atoms with Crippen LogP contribution in [0.1, 0.15) is 39.3 Å². The number of benzene rings is 3. The molecule has 0 saturated carbocycles. The van der Waals surface area contributed by atoms with Crippen molar-refractivity contribution in [3.63, 3.8) is 0 Å². The van der Waals surface area contributed by atoms with Crippen LogP contribution in [0.3, 0.4) is 0 Å². The predicted molar refractivity (Wildman–Crippen MR) is 125 cm³/mol. The van der Waals surface area contributed by atoms with Crippen molar-refractivity contribution < 1.29 is 9.47 Å². The van der Waals surface area contributed by atoms with Crippen LogP contribution >= 0.6 is 0 Å². The van der Waals surface area contributed by atoms with Gasteiger partial charge in [0.2, 0.25) is 0 Å². The Kier molecular flexibility index (Phi) is 5.35. The molecule has 5 rings (SSSR count). The van der Waals surface area contributed by atoms with Gasteiger partial charge in [0.1, 0.15) is 0 Å². The van der Waals surface area contributed by atoms with Crippen molar-refractivity contribution in [2.75, 3.05) is 14.2 Å². The molecular weight excluding hydrogens is 380 g/mol. The maximum absolute atomic E-state index is 5.47. The Hall–Kier alpha value is -2.94. The quantitative estimate of drug-likeness (QED) is 0.487. The molecule has 0 radical (unpaired) electrons. The summed E-state index contributed by atoms with van der Waals surface area (Å²) in [5.74, 6) is 0.670. The molecule has 2 unspecified atom stereocenters. The van der Waals surface area contributed by atoms with E-state index in [1.165, 1.54) is 33.4 Å². The molecule has 2 atom stereocenters. The summed E-state index contributed by atoms with van der Waals surface area (Å²) in [6.45, 7) is 1.22. The van der Waals surface area contributed by atoms with Gasteiger partial charge in [-0.1, -0.05) is 97.1 Å². The van der Waals surface area contributed by atoms with Crippen molar-refractivity contribution in [2.45, 2.75) is 24.5 Å². The zero-order valence-electron chi connectivity index (χ0n) is 18.1. The van der Waals surface area contributed by atoms with Crippen molar-refractivity contribution in [3.8, 4) is 0 Å². The van der Waals surface area contributed by atoms with Gasteiger partial charge in [-0.05, 0) is 33.4 Å². The Bertz CT molecular complexity index is 1090. The Labute approximate surface area is 184 Å². The van der Waals surface area contributed by atoms with E-state index in [-0.39, 0.29) is 5.41 Å². The van der Waals surface area contributed by atoms with Gasteiger partial charge in [0.25, 0.3) is 0 Å². The summed E-state index contributed by atoms with van der Waals surface area (Å²) in [5.41, 5.74) is 7.57. The maximum Gasteiger partial charge on any atom is 0.0713 e. The minimum absolute atomic E-state index is 0.268. The van der Waals surface area contributed by atoms with Crippen LogP contribution < -0.4 is 0 Å². The molecule has 0 aromatic heterocycles. The molecule has 2 nitrogen and oxygen atoms in total. The van der Waals surface area contributed by atoms with Crippen LogP contribution in [-0.4, -0.2) is 14.2 Å². The van der Waals surface area contributed by atoms with Gasteiger partial charge in [0, 0.05) is 26.1 Å². The average molecular weight is 409 g/mol. The highest BCUT2D eigenvalue weighted by Crippen LogP contribution is 2.59. The molecule has 156 valence electrons. The normalized spacial score (nSPS) is 20.5. The largest absolute Gasteiger partial charge is 0.380 e. The summed E-state index contributed by atoms with van der Waals surface area (Å²) in [6, 6.07) is 26.8. The summed E-state index contributed by atoms with van der Waals surface area (Å²) in [5, 5.41) is 0. The van der Waals surface area contributed by atoms with Crippen molar-refractivity contribution in [2.24, 2.45) is 5.92 Å². The Morgan fingerprint density at radius 2 is 1.32 bits per heavy atom. The second kappa shape index (κ2) is 8.30. The molecule has 0 amide bonds. The minimum Gasteiger partial charge on any atom is -0.380 e. The van der Waals surface area contributed by atoms with E-state index in [0.717, 1.165) is 0 Å². The van der Waals surface area contributed by atoms with E-state index < -0.39 is 0 Å². The maximum atomic E-state index is 5.47. The lowest BCUT2D eigenvalue weighted by atomic mass is 9.63. The number of fused-ring (bicyclic) bond motifs is 3. The fourth-order valence-corrected chi connectivity index (χ4v) is 5.65. The molecule has 0 N–H and O–H groups in total. The second-order valence-electron chi connectivity index (χ2n) is 8.48. The fraction of sp³-hybridized carbons (Fsp3) is 0.241. The Balaban J connectivity index is 1.82. The van der Waals surface area contributed by atoms with E-state index in [0.29, 0.717) is 25.0 Å². The van der Waals surface area contributed by atoms with Gasteiger partial charge >= 0.3 is 0 Å². The summed E-state index contributed by atoms with van der Waals surface area (Å²) >= 11 is 0. The van der Waals surface area contributed by atoms with E-state index in [1.54, 1.807) is 14.2 Å². The SMILES string of the molecule is COCc1cccc(C2(c3cccc(COC)c3)c3ccccc3C3C=CC=CC32)c1. The van der Waals surface area contributed by atoms with Crippen molar-refractivity contribution in [1.82, 2.24) is 0 Å². The fourth-order valence-electron chi connectivity index (χ4n) is 5.65. The Morgan fingerprint density at radius 3 is 1.97 bits per heavy atom. The van der Waals surface area contributed by atoms with Gasteiger partial charge < -0.3 is 9.47 Å². The highest BCUT2D eigenvalue weighted by atomic mass is 16.5. The molecule has 0 saturated heterocycles. The van der Waals surface area contributed by atoms with Gasteiger partial charge in [-0.2, -0.15) is 0 Å². The molecule has 2 aliphatic carbocycles. The number of rotatable bonds is 6. The third-order valence-corrected chi connectivity index (χ3v) is 6.77. The molecule has 0 aliphatic heterocycles. The summed E-state index contributed by atoms with van der Waals surface area (Å²) < 4.78 is 10.9. The molecule has 3 aromatic carbocycles. The topological polar surface area (TPSA) is 18.5 Å². The highest BCUT2D eigenvalue weighted by molar-refractivity contribution is 5.63. The highest BCUT2D eigenvalue weighted by Gasteiger charge is 2.52. The second-order valence-corrected chi connectivity index (χ2v) is 8.48. The van der Waals surface area contributed by atoms with Gasteiger partial charge in [0.15, 0.2) is 0 Å². The predicted octanol–water partition coefficient (Wildman–Crippen LogP) is 6.15. The van der Waals surface area contributed by atoms with Crippen molar-refractivity contribution in [3.05, 3.63) is 130 Å². The van der Waals surface area contributed by atoms with E-state index in [9.17, 15) is 0 Å². The smallest absolute Gasteiger partial charge is 0.0713 e. The number of allylic oxidation sites excluding steroid dienone is 4. The van der Waals surface area contributed by atoms with Gasteiger partial charge in [-0.15, -0.1) is 0 Å². The minimum atomic E-state index is -0.268. The summed E-state index contributed by atoms with van der Waals surface area (Å²) in [4.78, 5) is 0. The van der Waals surface area contributed by atoms with E-state index >= 15 is 0 Å². The van der Waals surface area contributed by atoms with E-state index in [2.05, 4.69) is 97.1 Å².